The number of carbonyl (C=O) groups is 2. The molecule has 128 valence electrons. The van der Waals surface area contributed by atoms with Gasteiger partial charge in [0.15, 0.2) is 5.78 Å². The molecule has 23 heavy (non-hydrogen) atoms. The molecule has 2 aliphatic carbocycles. The van der Waals surface area contributed by atoms with Crippen molar-refractivity contribution in [2.24, 2.45) is 22.7 Å². The summed E-state index contributed by atoms with van der Waals surface area (Å²) >= 11 is 0. The zero-order valence-electron chi connectivity index (χ0n) is 15.1. The third-order valence-electron chi connectivity index (χ3n) is 6.90. The van der Waals surface area contributed by atoms with Crippen LogP contribution in [0.1, 0.15) is 66.7 Å². The van der Waals surface area contributed by atoms with Crippen molar-refractivity contribution in [2.45, 2.75) is 66.7 Å². The van der Waals surface area contributed by atoms with Gasteiger partial charge >= 0.3 is 5.97 Å². The van der Waals surface area contributed by atoms with Gasteiger partial charge in [0, 0.05) is 12.5 Å². The summed E-state index contributed by atoms with van der Waals surface area (Å²) < 4.78 is 0. The van der Waals surface area contributed by atoms with Crippen LogP contribution < -0.4 is 0 Å². The molecule has 0 aliphatic heterocycles. The summed E-state index contributed by atoms with van der Waals surface area (Å²) in [5, 5.41) is 8.91. The van der Waals surface area contributed by atoms with Crippen molar-refractivity contribution in [1.29, 1.82) is 0 Å². The van der Waals surface area contributed by atoms with E-state index in [1.165, 1.54) is 18.1 Å². The highest BCUT2D eigenvalue weighted by atomic mass is 16.4. The van der Waals surface area contributed by atoms with Crippen LogP contribution in [0.3, 0.4) is 0 Å². The molecule has 0 aromatic carbocycles. The van der Waals surface area contributed by atoms with Crippen molar-refractivity contribution in [1.82, 2.24) is 0 Å². The number of hydrogen-bond acceptors (Lipinski definition) is 2. The van der Waals surface area contributed by atoms with E-state index in [0.29, 0.717) is 18.3 Å². The lowest BCUT2D eigenvalue weighted by molar-refractivity contribution is -0.131. The molecular formula is C20H30O3. The van der Waals surface area contributed by atoms with Gasteiger partial charge < -0.3 is 5.11 Å². The van der Waals surface area contributed by atoms with E-state index in [0.717, 1.165) is 24.8 Å². The number of rotatable bonds is 4. The number of hydrogen-bond donors (Lipinski definition) is 1. The smallest absolute Gasteiger partial charge is 0.328 e. The molecule has 0 radical (unpaired) electrons. The molecule has 1 fully saturated rings. The van der Waals surface area contributed by atoms with Crippen molar-refractivity contribution in [3.8, 4) is 0 Å². The van der Waals surface area contributed by atoms with Crippen molar-refractivity contribution in [3.63, 3.8) is 0 Å². The average Bonchev–Trinajstić information content (AvgIpc) is 2.44. The van der Waals surface area contributed by atoms with Gasteiger partial charge in [-0.3, -0.25) is 4.79 Å². The normalized spacial score (nSPS) is 38.0. The van der Waals surface area contributed by atoms with Gasteiger partial charge in [-0.2, -0.15) is 0 Å². The SMILES string of the molecule is CC1=CC(=O)C[C@@H]2[C@@](C)(CC/C(C)=C\C(=O)O)[C@H](C)CC[C@]12C. The molecular weight excluding hydrogens is 288 g/mol. The predicted octanol–water partition coefficient (Wildman–Crippen LogP) is 4.78. The maximum absolute atomic E-state index is 12.2. The van der Waals surface area contributed by atoms with E-state index in [1.807, 2.05) is 13.0 Å². The number of carboxylic acid groups (broad SMARTS) is 1. The van der Waals surface area contributed by atoms with Gasteiger partial charge in [0.1, 0.15) is 0 Å². The highest BCUT2D eigenvalue weighted by molar-refractivity contribution is 5.92. The second kappa shape index (κ2) is 6.26. The second-order valence-electron chi connectivity index (χ2n) is 8.24. The summed E-state index contributed by atoms with van der Waals surface area (Å²) in [6, 6.07) is 0. The Kier molecular flexibility index (Phi) is 4.89. The molecule has 1 saturated carbocycles. The zero-order chi connectivity index (χ0) is 17.4. The molecule has 0 unspecified atom stereocenters. The fourth-order valence-electron chi connectivity index (χ4n) is 4.86. The second-order valence-corrected chi connectivity index (χ2v) is 8.24. The third-order valence-corrected chi connectivity index (χ3v) is 6.90. The number of allylic oxidation sites excluding steroid dienone is 3. The minimum atomic E-state index is -0.874. The first-order chi connectivity index (χ1) is 10.6. The van der Waals surface area contributed by atoms with Gasteiger partial charge in [-0.15, -0.1) is 0 Å². The number of ketones is 1. The molecule has 1 N–H and O–H groups in total. The molecule has 3 nitrogen and oxygen atoms in total. The molecule has 0 spiro atoms. The van der Waals surface area contributed by atoms with Crippen LogP contribution in [0.5, 0.6) is 0 Å². The Hall–Kier alpha value is -1.38. The highest BCUT2D eigenvalue weighted by Gasteiger charge is 2.54. The fourth-order valence-corrected chi connectivity index (χ4v) is 4.86. The van der Waals surface area contributed by atoms with E-state index in [2.05, 4.69) is 27.7 Å². The quantitative estimate of drug-likeness (QED) is 0.759. The Labute approximate surface area is 139 Å². The third kappa shape index (κ3) is 3.29. The minimum absolute atomic E-state index is 0.0752. The number of aliphatic carboxylic acids is 1. The zero-order valence-corrected chi connectivity index (χ0v) is 15.1. The Balaban J connectivity index is 2.29. The number of carbonyl (C=O) groups excluding carboxylic acids is 1. The van der Waals surface area contributed by atoms with Gasteiger partial charge in [-0.1, -0.05) is 31.9 Å². The van der Waals surface area contributed by atoms with Crippen LogP contribution in [-0.4, -0.2) is 16.9 Å². The molecule has 2 aliphatic rings. The van der Waals surface area contributed by atoms with E-state index >= 15 is 0 Å². The van der Waals surface area contributed by atoms with Gasteiger partial charge in [0.05, 0.1) is 0 Å². The van der Waals surface area contributed by atoms with E-state index in [9.17, 15) is 9.59 Å². The fraction of sp³-hybridized carbons (Fsp3) is 0.700. The van der Waals surface area contributed by atoms with E-state index < -0.39 is 5.97 Å². The van der Waals surface area contributed by atoms with E-state index in [1.54, 1.807) is 0 Å². The lowest BCUT2D eigenvalue weighted by Crippen LogP contribution is -2.50. The Morgan fingerprint density at radius 2 is 2.09 bits per heavy atom. The standard InChI is InChI=1S/C20H30O3/c1-13(10-18(22)23)6-8-19(4)14(2)7-9-20(5)15(3)11-16(21)12-17(19)20/h10-11,14,17H,6-9,12H2,1-5H3,(H,22,23)/b13-10-/t14-,17-,19+,20-/m1/s1. The minimum Gasteiger partial charge on any atom is -0.478 e. The van der Waals surface area contributed by atoms with Gasteiger partial charge in [0.25, 0.3) is 0 Å². The summed E-state index contributed by atoms with van der Waals surface area (Å²) in [7, 11) is 0. The summed E-state index contributed by atoms with van der Waals surface area (Å²) in [6.45, 7) is 10.9. The van der Waals surface area contributed by atoms with Crippen molar-refractivity contribution < 1.29 is 14.7 Å². The molecule has 0 bridgehead atoms. The summed E-state index contributed by atoms with van der Waals surface area (Å²) in [5.41, 5.74) is 2.33. The van der Waals surface area contributed by atoms with Crippen molar-refractivity contribution in [3.05, 3.63) is 23.3 Å². The van der Waals surface area contributed by atoms with Gasteiger partial charge in [-0.25, -0.2) is 4.79 Å². The number of carboxylic acids is 1. The van der Waals surface area contributed by atoms with Crippen LogP contribution in [0, 0.1) is 22.7 Å². The maximum atomic E-state index is 12.2. The molecule has 2 rings (SSSR count). The predicted molar refractivity (Wildman–Crippen MR) is 92.1 cm³/mol. The molecule has 4 atom stereocenters. The molecule has 0 aromatic rings. The topological polar surface area (TPSA) is 54.4 Å². The Morgan fingerprint density at radius 1 is 1.43 bits per heavy atom. The lowest BCUT2D eigenvalue weighted by atomic mass is 9.47. The van der Waals surface area contributed by atoms with Crippen LogP contribution in [0.2, 0.25) is 0 Å². The first-order valence-corrected chi connectivity index (χ1v) is 8.71. The molecule has 3 heteroatoms. The molecule has 0 aromatic heterocycles. The van der Waals surface area contributed by atoms with Crippen LogP contribution >= 0.6 is 0 Å². The average molecular weight is 318 g/mol. The molecule has 0 amide bonds. The highest BCUT2D eigenvalue weighted by Crippen LogP contribution is 2.61. The van der Waals surface area contributed by atoms with Crippen LogP contribution in [-0.2, 0) is 9.59 Å². The largest absolute Gasteiger partial charge is 0.478 e. The van der Waals surface area contributed by atoms with E-state index in [4.69, 9.17) is 5.11 Å². The van der Waals surface area contributed by atoms with Crippen molar-refractivity contribution >= 4 is 11.8 Å². The summed E-state index contributed by atoms with van der Waals surface area (Å²) in [4.78, 5) is 23.0. The Bertz CT molecular complexity index is 571. The summed E-state index contributed by atoms with van der Waals surface area (Å²) in [6.07, 6.45) is 7.85. The first kappa shape index (κ1) is 18.0. The van der Waals surface area contributed by atoms with Crippen LogP contribution in [0.25, 0.3) is 0 Å². The monoisotopic (exact) mass is 318 g/mol. The Morgan fingerprint density at radius 3 is 2.70 bits per heavy atom. The first-order valence-electron chi connectivity index (χ1n) is 8.71. The molecule has 0 saturated heterocycles. The van der Waals surface area contributed by atoms with Gasteiger partial charge in [-0.05, 0) is 68.3 Å². The van der Waals surface area contributed by atoms with Gasteiger partial charge in [0.2, 0.25) is 0 Å². The van der Waals surface area contributed by atoms with Crippen LogP contribution in [0.4, 0.5) is 0 Å². The maximum Gasteiger partial charge on any atom is 0.328 e. The van der Waals surface area contributed by atoms with E-state index in [-0.39, 0.29) is 16.6 Å². The lowest BCUT2D eigenvalue weighted by Gasteiger charge is -2.57. The number of fused-ring (bicyclic) bond motifs is 1. The molecule has 0 heterocycles. The van der Waals surface area contributed by atoms with Crippen molar-refractivity contribution in [2.75, 3.05) is 0 Å². The summed E-state index contributed by atoms with van der Waals surface area (Å²) in [5.74, 6) is 0.287. The van der Waals surface area contributed by atoms with Crippen LogP contribution in [0.15, 0.2) is 23.3 Å².